The first-order chi connectivity index (χ1) is 15.0. The normalized spacial score (nSPS) is 15.5. The molecule has 0 unspecified atom stereocenters. The molecule has 1 aliphatic rings. The molecule has 0 bridgehead atoms. The highest BCUT2D eigenvalue weighted by Gasteiger charge is 2.32. The van der Waals surface area contributed by atoms with E-state index in [0.29, 0.717) is 52.6 Å². The van der Waals surface area contributed by atoms with E-state index >= 15 is 0 Å². The van der Waals surface area contributed by atoms with E-state index in [9.17, 15) is 9.59 Å². The van der Waals surface area contributed by atoms with Gasteiger partial charge in [-0.1, -0.05) is 43.4 Å². The van der Waals surface area contributed by atoms with Gasteiger partial charge >= 0.3 is 0 Å². The molecule has 0 aliphatic carbocycles. The van der Waals surface area contributed by atoms with Crippen LogP contribution in [-0.2, 0) is 9.53 Å². The first-order valence-corrected chi connectivity index (χ1v) is 11.8. The fourth-order valence-corrected chi connectivity index (χ4v) is 4.48. The largest absolute Gasteiger partial charge is 0.382 e. The van der Waals surface area contributed by atoms with E-state index in [1.165, 1.54) is 16.2 Å². The van der Waals surface area contributed by atoms with Gasteiger partial charge < -0.3 is 10.1 Å². The van der Waals surface area contributed by atoms with E-state index in [4.69, 9.17) is 17.0 Å². The Morgan fingerprint density at radius 1 is 1.26 bits per heavy atom. The summed E-state index contributed by atoms with van der Waals surface area (Å²) in [6, 6.07) is 3.73. The lowest BCUT2D eigenvalue weighted by Gasteiger charge is -2.13. The van der Waals surface area contributed by atoms with E-state index in [2.05, 4.69) is 17.2 Å². The van der Waals surface area contributed by atoms with Crippen LogP contribution in [-0.4, -0.2) is 50.8 Å². The third-order valence-electron chi connectivity index (χ3n) is 4.85. The number of carbonyl (C=O) groups excluding carboxylic acids is 1. The lowest BCUT2D eigenvalue weighted by atomic mass is 10.2. The number of aromatic nitrogens is 2. The summed E-state index contributed by atoms with van der Waals surface area (Å²) in [5.74, 6) is 0.309. The molecule has 1 amide bonds. The molecule has 0 spiro atoms. The maximum absolute atomic E-state index is 13.3. The van der Waals surface area contributed by atoms with Crippen LogP contribution in [0, 0.1) is 6.92 Å². The number of nitrogens with one attached hydrogen (secondary N) is 1. The molecule has 3 rings (SSSR count). The number of ether oxygens (including phenoxy) is 1. The summed E-state index contributed by atoms with van der Waals surface area (Å²) in [7, 11) is 0. The Kier molecular flexibility index (Phi) is 8.22. The fraction of sp³-hybridized carbons (Fsp3) is 0.455. The number of hydrogen-bond acceptors (Lipinski definition) is 7. The smallest absolute Gasteiger partial charge is 0.267 e. The Morgan fingerprint density at radius 2 is 2.06 bits per heavy atom. The monoisotopic (exact) mass is 460 g/mol. The van der Waals surface area contributed by atoms with E-state index < -0.39 is 0 Å². The van der Waals surface area contributed by atoms with Crippen molar-refractivity contribution in [3.63, 3.8) is 0 Å². The van der Waals surface area contributed by atoms with Crippen LogP contribution >= 0.6 is 24.0 Å². The predicted molar refractivity (Wildman–Crippen MR) is 131 cm³/mol. The molecule has 1 saturated heterocycles. The quantitative estimate of drug-likeness (QED) is 0.328. The van der Waals surface area contributed by atoms with Crippen LogP contribution in [0.15, 0.2) is 28.0 Å². The molecular formula is C22H28N4O3S2. The number of carbonyl (C=O) groups is 1. The molecule has 0 atom stereocenters. The fourth-order valence-electron chi connectivity index (χ4n) is 3.19. The molecule has 0 radical (unpaired) electrons. The highest BCUT2D eigenvalue weighted by Crippen LogP contribution is 2.33. The van der Waals surface area contributed by atoms with E-state index in [1.54, 1.807) is 17.2 Å². The van der Waals surface area contributed by atoms with Gasteiger partial charge in [0.1, 0.15) is 15.8 Å². The topological polar surface area (TPSA) is 75.9 Å². The first-order valence-electron chi connectivity index (χ1n) is 10.6. The average molecular weight is 461 g/mol. The Labute approximate surface area is 191 Å². The van der Waals surface area contributed by atoms with Crippen LogP contribution in [0.3, 0.4) is 0 Å². The van der Waals surface area contributed by atoms with Crippen molar-refractivity contribution in [2.45, 2.75) is 40.0 Å². The second-order valence-corrected chi connectivity index (χ2v) is 8.95. The van der Waals surface area contributed by atoms with Gasteiger partial charge in [-0.3, -0.25) is 18.9 Å². The summed E-state index contributed by atoms with van der Waals surface area (Å²) in [5.41, 5.74) is 1.64. The molecule has 166 valence electrons. The van der Waals surface area contributed by atoms with Gasteiger partial charge in [0.2, 0.25) is 0 Å². The summed E-state index contributed by atoms with van der Waals surface area (Å²) < 4.78 is 7.43. The van der Waals surface area contributed by atoms with Gasteiger partial charge in [0.15, 0.2) is 0 Å². The van der Waals surface area contributed by atoms with Crippen LogP contribution in [0.25, 0.3) is 11.7 Å². The zero-order chi connectivity index (χ0) is 22.4. The number of anilines is 1. The number of fused-ring (bicyclic) bond motifs is 1. The SMILES string of the molecule is CCCCN1C(=O)/C(=C\c2c(NCCCOCC)nc3ccc(C)cn3c2=O)SC1=S. The number of amides is 1. The first kappa shape index (κ1) is 23.4. The minimum atomic E-state index is -0.222. The van der Waals surface area contributed by atoms with Gasteiger partial charge in [0.05, 0.1) is 10.5 Å². The lowest BCUT2D eigenvalue weighted by molar-refractivity contribution is -0.122. The van der Waals surface area contributed by atoms with Crippen molar-refractivity contribution in [3.8, 4) is 0 Å². The standard InChI is InChI=1S/C22H28N4O3S2/c1-4-6-11-25-21(28)17(31-22(25)30)13-16-19(23-10-7-12-29-5-2)24-18-9-8-15(3)14-26(18)20(16)27/h8-9,13-14,23H,4-7,10-12H2,1-3H3/b17-13+. The van der Waals surface area contributed by atoms with Crippen LogP contribution < -0.4 is 10.9 Å². The molecule has 9 heteroatoms. The molecule has 31 heavy (non-hydrogen) atoms. The lowest BCUT2D eigenvalue weighted by Crippen LogP contribution is -2.29. The highest BCUT2D eigenvalue weighted by atomic mass is 32.2. The Hall–Kier alpha value is -2.23. The number of aryl methyl sites for hydroxylation is 1. The summed E-state index contributed by atoms with van der Waals surface area (Å²) in [5, 5.41) is 3.25. The van der Waals surface area contributed by atoms with Gasteiger partial charge in [0.25, 0.3) is 11.5 Å². The van der Waals surface area contributed by atoms with Gasteiger partial charge in [-0.05, 0) is 44.4 Å². The minimum absolute atomic E-state index is 0.153. The summed E-state index contributed by atoms with van der Waals surface area (Å²) in [6.07, 6.45) is 6.02. The van der Waals surface area contributed by atoms with Gasteiger partial charge in [0, 0.05) is 32.5 Å². The van der Waals surface area contributed by atoms with E-state index in [-0.39, 0.29) is 11.5 Å². The zero-order valence-electron chi connectivity index (χ0n) is 18.1. The summed E-state index contributed by atoms with van der Waals surface area (Å²) in [4.78, 5) is 32.9. The second kappa shape index (κ2) is 10.9. The number of unbranched alkanes of at least 4 members (excludes halogenated alkanes) is 1. The molecule has 2 aromatic heterocycles. The van der Waals surface area contributed by atoms with Gasteiger partial charge in [-0.2, -0.15) is 0 Å². The van der Waals surface area contributed by atoms with Crippen molar-refractivity contribution in [2.24, 2.45) is 0 Å². The maximum atomic E-state index is 13.3. The van der Waals surface area contributed by atoms with E-state index in [1.807, 2.05) is 26.0 Å². The van der Waals surface area contributed by atoms with Gasteiger partial charge in [-0.25, -0.2) is 4.98 Å². The number of thioether (sulfide) groups is 1. The van der Waals surface area contributed by atoms with Crippen molar-refractivity contribution in [1.29, 1.82) is 0 Å². The molecule has 7 nitrogen and oxygen atoms in total. The molecule has 1 aliphatic heterocycles. The van der Waals surface area contributed by atoms with Gasteiger partial charge in [-0.15, -0.1) is 0 Å². The predicted octanol–water partition coefficient (Wildman–Crippen LogP) is 3.84. The van der Waals surface area contributed by atoms with E-state index in [0.717, 1.165) is 24.8 Å². The van der Waals surface area contributed by atoms with Crippen LogP contribution in [0.5, 0.6) is 0 Å². The Bertz CT molecular complexity index is 1060. The van der Waals surface area contributed by atoms with Crippen molar-refractivity contribution in [2.75, 3.05) is 31.6 Å². The second-order valence-electron chi connectivity index (χ2n) is 7.28. The third-order valence-corrected chi connectivity index (χ3v) is 6.23. The van der Waals surface area contributed by atoms with Crippen molar-refractivity contribution < 1.29 is 9.53 Å². The molecule has 0 aromatic carbocycles. The molecule has 0 saturated carbocycles. The zero-order valence-corrected chi connectivity index (χ0v) is 19.8. The number of hydrogen-bond donors (Lipinski definition) is 1. The van der Waals surface area contributed by atoms with Crippen LogP contribution in [0.4, 0.5) is 5.82 Å². The average Bonchev–Trinajstić information content (AvgIpc) is 3.02. The third kappa shape index (κ3) is 5.53. The Balaban J connectivity index is 1.98. The highest BCUT2D eigenvalue weighted by molar-refractivity contribution is 8.26. The molecule has 1 N–H and O–H groups in total. The Morgan fingerprint density at radius 3 is 2.81 bits per heavy atom. The summed E-state index contributed by atoms with van der Waals surface area (Å²) in [6.45, 7) is 8.43. The number of thiocarbonyl (C=S) groups is 1. The van der Waals surface area contributed by atoms with Crippen molar-refractivity contribution in [3.05, 3.63) is 44.7 Å². The van der Waals surface area contributed by atoms with Crippen molar-refractivity contribution in [1.82, 2.24) is 14.3 Å². The maximum Gasteiger partial charge on any atom is 0.267 e. The van der Waals surface area contributed by atoms with Crippen molar-refractivity contribution >= 4 is 51.7 Å². The molecule has 2 aromatic rings. The minimum Gasteiger partial charge on any atom is -0.382 e. The number of pyridine rings is 1. The van der Waals surface area contributed by atoms with Crippen LogP contribution in [0.2, 0.25) is 0 Å². The number of rotatable bonds is 10. The number of nitrogens with zero attached hydrogens (tertiary/aromatic N) is 3. The summed E-state index contributed by atoms with van der Waals surface area (Å²) >= 11 is 6.63. The molecular weight excluding hydrogens is 432 g/mol. The molecule has 1 fully saturated rings. The van der Waals surface area contributed by atoms with Crippen LogP contribution in [0.1, 0.15) is 44.2 Å². The molecule has 3 heterocycles.